The van der Waals surface area contributed by atoms with Crippen molar-refractivity contribution in [3.63, 3.8) is 0 Å². The molecule has 1 aromatic heterocycles. The van der Waals surface area contributed by atoms with E-state index in [-0.39, 0.29) is 18.9 Å². The molecule has 1 aliphatic heterocycles. The van der Waals surface area contributed by atoms with Crippen LogP contribution in [0.2, 0.25) is 0 Å². The van der Waals surface area contributed by atoms with Crippen molar-refractivity contribution in [2.45, 2.75) is 13.0 Å². The van der Waals surface area contributed by atoms with Crippen molar-refractivity contribution in [2.75, 3.05) is 37.5 Å². The number of nitrogens with zero attached hydrogens (tertiary/aromatic N) is 2. The highest BCUT2D eigenvalue weighted by Crippen LogP contribution is 2.21. The first kappa shape index (κ1) is 19.5. The molecule has 1 aromatic carbocycles. The maximum atomic E-state index is 12.2. The van der Waals surface area contributed by atoms with Crippen LogP contribution in [-0.2, 0) is 25.7 Å². The highest BCUT2D eigenvalue weighted by molar-refractivity contribution is 5.93. The molecule has 2 amide bonds. The molecule has 1 aliphatic rings. The predicted octanol–water partition coefficient (Wildman–Crippen LogP) is 1.88. The molecule has 2 aromatic rings. The fourth-order valence-corrected chi connectivity index (χ4v) is 2.97. The van der Waals surface area contributed by atoms with Gasteiger partial charge in [-0.25, -0.2) is 0 Å². The number of anilines is 2. The minimum absolute atomic E-state index is 0.0765. The average molecular weight is 385 g/mol. The molecule has 0 saturated carbocycles. The third-order valence-electron chi connectivity index (χ3n) is 4.49. The van der Waals surface area contributed by atoms with E-state index in [2.05, 4.69) is 5.32 Å². The first-order valence-electron chi connectivity index (χ1n) is 8.96. The summed E-state index contributed by atoms with van der Waals surface area (Å²) in [5.41, 5.74) is 1.63. The van der Waals surface area contributed by atoms with E-state index in [0.29, 0.717) is 18.0 Å². The lowest BCUT2D eigenvalue weighted by Gasteiger charge is -2.15. The van der Waals surface area contributed by atoms with Crippen molar-refractivity contribution in [3.8, 4) is 0 Å². The number of benzene rings is 1. The molecule has 8 nitrogen and oxygen atoms in total. The van der Waals surface area contributed by atoms with Crippen molar-refractivity contribution >= 4 is 29.2 Å². The van der Waals surface area contributed by atoms with Crippen LogP contribution in [0.1, 0.15) is 12.2 Å². The van der Waals surface area contributed by atoms with Gasteiger partial charge in [-0.15, -0.1) is 0 Å². The minimum atomic E-state index is -0.574. The van der Waals surface area contributed by atoms with Crippen LogP contribution in [0.25, 0.3) is 0 Å². The summed E-state index contributed by atoms with van der Waals surface area (Å²) in [5.74, 6) is -1.03. The van der Waals surface area contributed by atoms with Crippen LogP contribution in [0.15, 0.2) is 47.1 Å². The van der Waals surface area contributed by atoms with Crippen LogP contribution in [-0.4, -0.2) is 49.9 Å². The molecule has 2 heterocycles. The molecule has 3 rings (SSSR count). The molecule has 0 radical (unpaired) electrons. The molecule has 8 heteroatoms. The highest BCUT2D eigenvalue weighted by Gasteiger charge is 2.35. The highest BCUT2D eigenvalue weighted by atomic mass is 16.5. The number of esters is 1. The van der Waals surface area contributed by atoms with Gasteiger partial charge in [0.25, 0.3) is 5.91 Å². The first-order chi connectivity index (χ1) is 13.4. The number of nitrogens with one attached hydrogen (secondary N) is 1. The molecule has 0 aliphatic carbocycles. The number of carbonyl (C=O) groups is 3. The molecule has 1 atom stereocenters. The number of carbonyl (C=O) groups excluding carboxylic acids is 3. The van der Waals surface area contributed by atoms with Gasteiger partial charge in [0.1, 0.15) is 5.76 Å². The van der Waals surface area contributed by atoms with E-state index in [1.807, 2.05) is 31.1 Å². The van der Waals surface area contributed by atoms with E-state index >= 15 is 0 Å². The van der Waals surface area contributed by atoms with Crippen molar-refractivity contribution in [3.05, 3.63) is 48.4 Å². The van der Waals surface area contributed by atoms with Gasteiger partial charge in [-0.2, -0.15) is 0 Å². The second-order valence-electron chi connectivity index (χ2n) is 6.85. The van der Waals surface area contributed by atoms with E-state index in [1.54, 1.807) is 29.2 Å². The molecule has 28 heavy (non-hydrogen) atoms. The van der Waals surface area contributed by atoms with Gasteiger partial charge >= 0.3 is 5.97 Å². The van der Waals surface area contributed by atoms with Gasteiger partial charge < -0.3 is 24.3 Å². The van der Waals surface area contributed by atoms with Gasteiger partial charge in [0.05, 0.1) is 18.7 Å². The Balaban J connectivity index is 1.44. The summed E-state index contributed by atoms with van der Waals surface area (Å²) in [4.78, 5) is 39.8. The van der Waals surface area contributed by atoms with Crippen LogP contribution < -0.4 is 10.2 Å². The zero-order valence-corrected chi connectivity index (χ0v) is 15.9. The van der Waals surface area contributed by atoms with Crippen LogP contribution in [0.5, 0.6) is 0 Å². The summed E-state index contributed by atoms with van der Waals surface area (Å²) in [6, 6.07) is 10.8. The van der Waals surface area contributed by atoms with Gasteiger partial charge in [-0.3, -0.25) is 14.4 Å². The molecule has 148 valence electrons. The van der Waals surface area contributed by atoms with Crippen LogP contribution >= 0.6 is 0 Å². The molecule has 0 bridgehead atoms. The Hall–Kier alpha value is -3.29. The number of rotatable bonds is 7. The lowest BCUT2D eigenvalue weighted by Crippen LogP contribution is -2.28. The maximum absolute atomic E-state index is 12.2. The maximum Gasteiger partial charge on any atom is 0.311 e. The molecule has 1 fully saturated rings. The summed E-state index contributed by atoms with van der Waals surface area (Å²) >= 11 is 0. The Morgan fingerprint density at radius 2 is 2.00 bits per heavy atom. The zero-order chi connectivity index (χ0) is 20.1. The SMILES string of the molecule is CN(C)c1ccc(NC(=O)COC(=O)[C@@H]2CC(=O)N(Cc3ccco3)C2)cc1. The quantitative estimate of drug-likeness (QED) is 0.732. The summed E-state index contributed by atoms with van der Waals surface area (Å²) < 4.78 is 10.3. The Bertz CT molecular complexity index is 830. The summed E-state index contributed by atoms with van der Waals surface area (Å²) in [5, 5.41) is 2.68. The second-order valence-corrected chi connectivity index (χ2v) is 6.85. The van der Waals surface area contributed by atoms with E-state index in [1.165, 1.54) is 6.26 Å². The van der Waals surface area contributed by atoms with Crippen molar-refractivity contribution < 1.29 is 23.5 Å². The largest absolute Gasteiger partial charge is 0.467 e. The Labute approximate surface area is 163 Å². The minimum Gasteiger partial charge on any atom is -0.467 e. The summed E-state index contributed by atoms with van der Waals surface area (Å²) in [6.45, 7) is 0.183. The number of amides is 2. The normalized spacial score (nSPS) is 16.1. The number of hydrogen-bond acceptors (Lipinski definition) is 6. The molecule has 0 unspecified atom stereocenters. The number of likely N-dealkylation sites (tertiary alicyclic amines) is 1. The molecule has 1 saturated heterocycles. The lowest BCUT2D eigenvalue weighted by molar-refractivity contribution is -0.151. The number of ether oxygens (including phenoxy) is 1. The predicted molar refractivity (Wildman–Crippen MR) is 103 cm³/mol. The Morgan fingerprint density at radius 1 is 1.25 bits per heavy atom. The zero-order valence-electron chi connectivity index (χ0n) is 15.9. The van der Waals surface area contributed by atoms with Gasteiger partial charge in [0, 0.05) is 38.4 Å². The fourth-order valence-electron chi connectivity index (χ4n) is 2.97. The fraction of sp³-hybridized carbons (Fsp3) is 0.350. The Morgan fingerprint density at radius 3 is 2.64 bits per heavy atom. The van der Waals surface area contributed by atoms with Gasteiger partial charge in [0.15, 0.2) is 6.61 Å². The third kappa shape index (κ3) is 4.91. The molecular formula is C20H23N3O5. The van der Waals surface area contributed by atoms with Gasteiger partial charge in [-0.1, -0.05) is 0 Å². The van der Waals surface area contributed by atoms with E-state index in [9.17, 15) is 14.4 Å². The van der Waals surface area contributed by atoms with E-state index < -0.39 is 24.4 Å². The van der Waals surface area contributed by atoms with E-state index in [0.717, 1.165) is 5.69 Å². The van der Waals surface area contributed by atoms with Crippen molar-refractivity contribution in [1.29, 1.82) is 0 Å². The van der Waals surface area contributed by atoms with Crippen LogP contribution in [0.3, 0.4) is 0 Å². The number of hydrogen-bond donors (Lipinski definition) is 1. The first-order valence-corrected chi connectivity index (χ1v) is 8.96. The molecule has 1 N–H and O–H groups in total. The molecular weight excluding hydrogens is 362 g/mol. The van der Waals surface area contributed by atoms with Crippen LogP contribution in [0, 0.1) is 5.92 Å². The average Bonchev–Trinajstić information content (AvgIpc) is 3.31. The topological polar surface area (TPSA) is 92.1 Å². The third-order valence-corrected chi connectivity index (χ3v) is 4.49. The van der Waals surface area contributed by atoms with Gasteiger partial charge in [0.2, 0.25) is 5.91 Å². The van der Waals surface area contributed by atoms with Crippen molar-refractivity contribution in [2.24, 2.45) is 5.92 Å². The van der Waals surface area contributed by atoms with Crippen LogP contribution in [0.4, 0.5) is 11.4 Å². The monoisotopic (exact) mass is 385 g/mol. The lowest BCUT2D eigenvalue weighted by atomic mass is 10.1. The van der Waals surface area contributed by atoms with Gasteiger partial charge in [-0.05, 0) is 36.4 Å². The summed E-state index contributed by atoms with van der Waals surface area (Å²) in [6.07, 6.45) is 1.61. The van der Waals surface area contributed by atoms with Crippen molar-refractivity contribution in [1.82, 2.24) is 4.90 Å². The number of furan rings is 1. The molecule has 0 spiro atoms. The smallest absolute Gasteiger partial charge is 0.311 e. The Kier molecular flexibility index (Phi) is 5.98. The van der Waals surface area contributed by atoms with E-state index in [4.69, 9.17) is 9.15 Å². The summed E-state index contributed by atoms with van der Waals surface area (Å²) in [7, 11) is 3.85. The second kappa shape index (κ2) is 8.60. The standard InChI is InChI=1S/C20H23N3O5/c1-22(2)16-7-5-15(6-8-16)21-18(24)13-28-20(26)14-10-19(25)23(11-14)12-17-4-3-9-27-17/h3-9,14H,10-13H2,1-2H3,(H,21,24)/t14-/m1/s1.